The summed E-state index contributed by atoms with van der Waals surface area (Å²) in [6.07, 6.45) is 4.48. The minimum Gasteiger partial charge on any atom is -0.315 e. The number of nitrogens with one attached hydrogen (secondary N) is 1. The lowest BCUT2D eigenvalue weighted by atomic mass is 9.74. The average molecular weight is 214 g/mol. The van der Waals surface area contributed by atoms with Gasteiger partial charge in [-0.25, -0.2) is 0 Å². The molecule has 0 saturated carbocycles. The standard InChI is InChI=1S/C14H18N2/c1-2-5-13(6-3-1)7-4-8-16-11-14(12-16)9-15-10-14/h1-7,15H,8-12H2/b7-4+. The van der Waals surface area contributed by atoms with E-state index in [1.165, 1.54) is 31.7 Å². The molecule has 1 aromatic rings. The predicted octanol–water partition coefficient (Wildman–Crippen LogP) is 1.60. The number of likely N-dealkylation sites (tertiary alicyclic amines) is 1. The molecule has 1 aromatic carbocycles. The molecular formula is C14H18N2. The molecule has 0 radical (unpaired) electrons. The number of rotatable bonds is 3. The van der Waals surface area contributed by atoms with Gasteiger partial charge in [0.2, 0.25) is 0 Å². The molecule has 84 valence electrons. The third-order valence-corrected chi connectivity index (χ3v) is 3.59. The summed E-state index contributed by atoms with van der Waals surface area (Å²) < 4.78 is 0. The molecule has 2 heterocycles. The molecule has 2 aliphatic heterocycles. The second kappa shape index (κ2) is 4.04. The highest BCUT2D eigenvalue weighted by Crippen LogP contribution is 2.33. The smallest absolute Gasteiger partial charge is 0.0207 e. The quantitative estimate of drug-likeness (QED) is 0.822. The van der Waals surface area contributed by atoms with Crippen molar-refractivity contribution in [2.75, 3.05) is 32.7 Å². The van der Waals surface area contributed by atoms with E-state index in [0.29, 0.717) is 5.41 Å². The molecule has 0 atom stereocenters. The minimum absolute atomic E-state index is 0.653. The molecule has 1 spiro atoms. The summed E-state index contributed by atoms with van der Waals surface area (Å²) >= 11 is 0. The zero-order valence-corrected chi connectivity index (χ0v) is 9.52. The predicted molar refractivity (Wildman–Crippen MR) is 67.2 cm³/mol. The first-order chi connectivity index (χ1) is 7.86. The summed E-state index contributed by atoms with van der Waals surface area (Å²) in [5, 5.41) is 3.36. The van der Waals surface area contributed by atoms with Gasteiger partial charge >= 0.3 is 0 Å². The Morgan fingerprint density at radius 1 is 1.19 bits per heavy atom. The monoisotopic (exact) mass is 214 g/mol. The number of hydrogen-bond donors (Lipinski definition) is 1. The highest BCUT2D eigenvalue weighted by Gasteiger charge is 2.46. The molecule has 0 amide bonds. The molecule has 0 unspecified atom stereocenters. The fourth-order valence-electron chi connectivity index (χ4n) is 2.64. The summed E-state index contributed by atoms with van der Waals surface area (Å²) in [6.45, 7) is 6.10. The minimum atomic E-state index is 0.653. The highest BCUT2D eigenvalue weighted by atomic mass is 15.2. The summed E-state index contributed by atoms with van der Waals surface area (Å²) in [5.74, 6) is 0. The molecule has 2 heteroatoms. The zero-order valence-electron chi connectivity index (χ0n) is 9.52. The number of nitrogens with zero attached hydrogens (tertiary/aromatic N) is 1. The Hall–Kier alpha value is -1.12. The summed E-state index contributed by atoms with van der Waals surface area (Å²) in [4.78, 5) is 2.51. The Labute approximate surface area is 97.0 Å². The van der Waals surface area contributed by atoms with Crippen LogP contribution < -0.4 is 5.32 Å². The van der Waals surface area contributed by atoms with E-state index in [9.17, 15) is 0 Å². The van der Waals surface area contributed by atoms with E-state index in [-0.39, 0.29) is 0 Å². The maximum Gasteiger partial charge on any atom is 0.0207 e. The largest absolute Gasteiger partial charge is 0.315 e. The fourth-order valence-corrected chi connectivity index (χ4v) is 2.64. The van der Waals surface area contributed by atoms with E-state index in [0.717, 1.165) is 6.54 Å². The second-order valence-electron chi connectivity index (χ2n) is 5.09. The van der Waals surface area contributed by atoms with Gasteiger partial charge in [0.25, 0.3) is 0 Å². The van der Waals surface area contributed by atoms with Gasteiger partial charge in [0.15, 0.2) is 0 Å². The van der Waals surface area contributed by atoms with Crippen molar-refractivity contribution in [2.24, 2.45) is 5.41 Å². The van der Waals surface area contributed by atoms with Gasteiger partial charge in [0, 0.05) is 38.1 Å². The highest BCUT2D eigenvalue weighted by molar-refractivity contribution is 5.48. The Balaban J connectivity index is 1.46. The molecule has 1 N–H and O–H groups in total. The first kappa shape index (κ1) is 10.1. The van der Waals surface area contributed by atoms with Crippen molar-refractivity contribution in [3.05, 3.63) is 42.0 Å². The van der Waals surface area contributed by atoms with Crippen molar-refractivity contribution in [3.63, 3.8) is 0 Å². The van der Waals surface area contributed by atoms with Gasteiger partial charge in [0.05, 0.1) is 0 Å². The van der Waals surface area contributed by atoms with Crippen molar-refractivity contribution in [1.82, 2.24) is 10.2 Å². The van der Waals surface area contributed by atoms with Gasteiger partial charge < -0.3 is 5.32 Å². The van der Waals surface area contributed by atoms with E-state index >= 15 is 0 Å². The van der Waals surface area contributed by atoms with Crippen LogP contribution >= 0.6 is 0 Å². The third kappa shape index (κ3) is 1.91. The van der Waals surface area contributed by atoms with Gasteiger partial charge in [-0.1, -0.05) is 42.5 Å². The van der Waals surface area contributed by atoms with E-state index in [1.807, 2.05) is 0 Å². The Bertz CT molecular complexity index is 371. The first-order valence-corrected chi connectivity index (χ1v) is 6.01. The van der Waals surface area contributed by atoms with Crippen LogP contribution in [0.15, 0.2) is 36.4 Å². The Morgan fingerprint density at radius 2 is 1.94 bits per heavy atom. The van der Waals surface area contributed by atoms with Crippen molar-refractivity contribution in [3.8, 4) is 0 Å². The lowest BCUT2D eigenvalue weighted by molar-refractivity contribution is -0.0316. The maximum absolute atomic E-state index is 3.36. The Morgan fingerprint density at radius 3 is 2.56 bits per heavy atom. The van der Waals surface area contributed by atoms with E-state index in [4.69, 9.17) is 0 Å². The summed E-state index contributed by atoms with van der Waals surface area (Å²) in [5.41, 5.74) is 1.95. The normalized spacial score (nSPS) is 23.2. The van der Waals surface area contributed by atoms with Crippen LogP contribution in [0.4, 0.5) is 0 Å². The molecule has 2 saturated heterocycles. The van der Waals surface area contributed by atoms with Crippen molar-refractivity contribution < 1.29 is 0 Å². The maximum atomic E-state index is 3.36. The van der Waals surface area contributed by atoms with Crippen LogP contribution in [0, 0.1) is 5.41 Å². The van der Waals surface area contributed by atoms with E-state index in [2.05, 4.69) is 52.7 Å². The van der Waals surface area contributed by atoms with Gasteiger partial charge in [-0.2, -0.15) is 0 Å². The number of benzene rings is 1. The first-order valence-electron chi connectivity index (χ1n) is 6.01. The molecule has 2 aliphatic rings. The molecular weight excluding hydrogens is 196 g/mol. The Kier molecular flexibility index (Phi) is 2.54. The van der Waals surface area contributed by atoms with Gasteiger partial charge in [0.1, 0.15) is 0 Å². The van der Waals surface area contributed by atoms with Crippen LogP contribution in [0.25, 0.3) is 6.08 Å². The third-order valence-electron chi connectivity index (χ3n) is 3.59. The molecule has 2 fully saturated rings. The SMILES string of the molecule is C(=C\c1ccccc1)/CN1CC2(CNC2)C1. The molecule has 0 bridgehead atoms. The molecule has 2 nitrogen and oxygen atoms in total. The lowest BCUT2D eigenvalue weighted by Crippen LogP contribution is -2.70. The van der Waals surface area contributed by atoms with Crippen LogP contribution in [0.1, 0.15) is 5.56 Å². The zero-order chi connectivity index (χ0) is 10.8. The van der Waals surface area contributed by atoms with Gasteiger partial charge in [-0.15, -0.1) is 0 Å². The van der Waals surface area contributed by atoms with Gasteiger partial charge in [-0.3, -0.25) is 4.90 Å². The van der Waals surface area contributed by atoms with Crippen LogP contribution in [-0.4, -0.2) is 37.6 Å². The molecule has 0 aliphatic carbocycles. The summed E-state index contributed by atoms with van der Waals surface area (Å²) in [6, 6.07) is 10.5. The van der Waals surface area contributed by atoms with Crippen molar-refractivity contribution in [2.45, 2.75) is 0 Å². The fraction of sp³-hybridized carbons (Fsp3) is 0.429. The number of hydrogen-bond acceptors (Lipinski definition) is 2. The van der Waals surface area contributed by atoms with Crippen LogP contribution in [-0.2, 0) is 0 Å². The van der Waals surface area contributed by atoms with Crippen LogP contribution in [0.2, 0.25) is 0 Å². The van der Waals surface area contributed by atoms with Crippen LogP contribution in [0.5, 0.6) is 0 Å². The van der Waals surface area contributed by atoms with Gasteiger partial charge in [-0.05, 0) is 5.56 Å². The lowest BCUT2D eigenvalue weighted by Gasteiger charge is -2.56. The second-order valence-corrected chi connectivity index (χ2v) is 5.09. The van der Waals surface area contributed by atoms with E-state index < -0.39 is 0 Å². The topological polar surface area (TPSA) is 15.3 Å². The average Bonchev–Trinajstić information content (AvgIpc) is 2.20. The van der Waals surface area contributed by atoms with Crippen LogP contribution in [0.3, 0.4) is 0 Å². The molecule has 16 heavy (non-hydrogen) atoms. The molecule has 0 aromatic heterocycles. The van der Waals surface area contributed by atoms with Crippen molar-refractivity contribution in [1.29, 1.82) is 0 Å². The molecule has 3 rings (SSSR count). The van der Waals surface area contributed by atoms with Crippen molar-refractivity contribution >= 4 is 6.08 Å². The van der Waals surface area contributed by atoms with E-state index in [1.54, 1.807) is 0 Å². The summed E-state index contributed by atoms with van der Waals surface area (Å²) in [7, 11) is 0.